The minimum Gasteiger partial charge on any atom is -0.473 e. The van der Waals surface area contributed by atoms with Gasteiger partial charge in [-0.3, -0.25) is 9.80 Å². The first kappa shape index (κ1) is 24.6. The first-order valence-corrected chi connectivity index (χ1v) is 9.74. The molecule has 0 spiro atoms. The molecule has 0 aromatic heterocycles. The summed E-state index contributed by atoms with van der Waals surface area (Å²) in [5.41, 5.74) is 1.44. The summed E-state index contributed by atoms with van der Waals surface area (Å²) in [5.74, 6) is -3.65. The number of benzene rings is 2. The molecule has 1 heterocycles. The number of aliphatic carboxylic acids is 2. The van der Waals surface area contributed by atoms with Crippen LogP contribution in [0, 0.1) is 0 Å². The fourth-order valence-electron chi connectivity index (χ4n) is 3.03. The van der Waals surface area contributed by atoms with Gasteiger partial charge in [0.15, 0.2) is 0 Å². The van der Waals surface area contributed by atoms with Crippen molar-refractivity contribution in [3.8, 4) is 0 Å². The number of piperazine rings is 1. The van der Waals surface area contributed by atoms with E-state index < -0.39 is 23.7 Å². The van der Waals surface area contributed by atoms with Gasteiger partial charge in [0, 0.05) is 44.3 Å². The Morgan fingerprint density at radius 2 is 1.32 bits per heavy atom. The maximum atomic E-state index is 12.6. The molecule has 31 heavy (non-hydrogen) atoms. The molecule has 6 nitrogen and oxygen atoms in total. The van der Waals surface area contributed by atoms with Crippen molar-refractivity contribution in [1.82, 2.24) is 9.80 Å². The number of rotatable bonds is 4. The van der Waals surface area contributed by atoms with Crippen molar-refractivity contribution >= 4 is 23.5 Å². The van der Waals surface area contributed by atoms with Crippen LogP contribution in [0.15, 0.2) is 48.5 Å². The van der Waals surface area contributed by atoms with Gasteiger partial charge in [0.05, 0.1) is 5.56 Å². The molecule has 2 aromatic rings. The molecule has 168 valence electrons. The van der Waals surface area contributed by atoms with Crippen LogP contribution >= 0.6 is 11.6 Å². The van der Waals surface area contributed by atoms with Crippen LogP contribution in [0.3, 0.4) is 0 Å². The Morgan fingerprint density at radius 1 is 0.839 bits per heavy atom. The number of carbonyl (C=O) groups is 2. The van der Waals surface area contributed by atoms with Crippen LogP contribution in [-0.4, -0.2) is 58.1 Å². The summed E-state index contributed by atoms with van der Waals surface area (Å²) in [6, 6.07) is 13.3. The SMILES string of the molecule is FC(F)(F)c1ccc(CN2CCN(Cc3ccccc3Cl)CC2)cc1.O=C(O)C(=O)O. The lowest BCUT2D eigenvalue weighted by Crippen LogP contribution is -2.45. The van der Waals surface area contributed by atoms with E-state index in [0.717, 1.165) is 61.0 Å². The second-order valence-electron chi connectivity index (χ2n) is 6.95. The van der Waals surface area contributed by atoms with Crippen molar-refractivity contribution in [1.29, 1.82) is 0 Å². The number of carboxylic acid groups (broad SMARTS) is 2. The van der Waals surface area contributed by atoms with Gasteiger partial charge in [-0.05, 0) is 29.3 Å². The Morgan fingerprint density at radius 3 is 1.77 bits per heavy atom. The van der Waals surface area contributed by atoms with Crippen LogP contribution in [0.2, 0.25) is 5.02 Å². The predicted molar refractivity (Wildman–Crippen MR) is 109 cm³/mol. The lowest BCUT2D eigenvalue weighted by molar-refractivity contribution is -0.159. The maximum Gasteiger partial charge on any atom is 0.416 e. The Hall–Kier alpha value is -2.62. The Kier molecular flexibility index (Phi) is 8.85. The molecule has 0 aliphatic carbocycles. The highest BCUT2D eigenvalue weighted by Crippen LogP contribution is 2.29. The van der Waals surface area contributed by atoms with Crippen molar-refractivity contribution in [2.45, 2.75) is 19.3 Å². The third-order valence-electron chi connectivity index (χ3n) is 4.69. The second-order valence-corrected chi connectivity index (χ2v) is 7.36. The van der Waals surface area contributed by atoms with E-state index in [1.54, 1.807) is 12.1 Å². The Bertz CT molecular complexity index is 871. The molecule has 0 unspecified atom stereocenters. The zero-order valence-electron chi connectivity index (χ0n) is 16.5. The highest BCUT2D eigenvalue weighted by atomic mass is 35.5. The summed E-state index contributed by atoms with van der Waals surface area (Å²) >= 11 is 6.21. The fraction of sp³-hybridized carbons (Fsp3) is 0.333. The summed E-state index contributed by atoms with van der Waals surface area (Å²) in [5, 5.41) is 15.6. The van der Waals surface area contributed by atoms with Crippen molar-refractivity contribution in [2.75, 3.05) is 26.2 Å². The van der Waals surface area contributed by atoms with Crippen molar-refractivity contribution in [3.63, 3.8) is 0 Å². The predicted octanol–water partition coefficient (Wildman–Crippen LogP) is 3.83. The van der Waals surface area contributed by atoms with Gasteiger partial charge < -0.3 is 10.2 Å². The molecule has 3 rings (SSSR count). The molecule has 1 aliphatic rings. The van der Waals surface area contributed by atoms with Crippen LogP contribution < -0.4 is 0 Å². The Labute approximate surface area is 182 Å². The number of alkyl halides is 3. The molecule has 0 amide bonds. The van der Waals surface area contributed by atoms with Gasteiger partial charge in [0.25, 0.3) is 0 Å². The molecule has 0 radical (unpaired) electrons. The number of halogens is 4. The smallest absolute Gasteiger partial charge is 0.416 e. The van der Waals surface area contributed by atoms with E-state index in [1.807, 2.05) is 24.3 Å². The minimum atomic E-state index is -4.27. The second kappa shape index (κ2) is 11.1. The first-order valence-electron chi connectivity index (χ1n) is 9.36. The number of hydrogen-bond acceptors (Lipinski definition) is 4. The highest BCUT2D eigenvalue weighted by molar-refractivity contribution is 6.31. The van der Waals surface area contributed by atoms with E-state index in [1.165, 1.54) is 0 Å². The van der Waals surface area contributed by atoms with E-state index in [4.69, 9.17) is 31.4 Å². The van der Waals surface area contributed by atoms with Gasteiger partial charge >= 0.3 is 18.1 Å². The van der Waals surface area contributed by atoms with E-state index in [0.29, 0.717) is 6.54 Å². The van der Waals surface area contributed by atoms with E-state index >= 15 is 0 Å². The summed E-state index contributed by atoms with van der Waals surface area (Å²) in [4.78, 5) is 22.8. The average Bonchev–Trinajstić information content (AvgIpc) is 2.71. The maximum absolute atomic E-state index is 12.6. The van der Waals surface area contributed by atoms with Crippen molar-refractivity contribution < 1.29 is 33.0 Å². The molecule has 0 atom stereocenters. The molecule has 1 fully saturated rings. The largest absolute Gasteiger partial charge is 0.473 e. The number of hydrogen-bond donors (Lipinski definition) is 2. The quantitative estimate of drug-likeness (QED) is 0.678. The first-order chi connectivity index (χ1) is 14.6. The van der Waals surface area contributed by atoms with Gasteiger partial charge in [-0.2, -0.15) is 13.2 Å². The van der Waals surface area contributed by atoms with Gasteiger partial charge in [-0.25, -0.2) is 9.59 Å². The topological polar surface area (TPSA) is 81.1 Å². The van der Waals surface area contributed by atoms with Gasteiger partial charge in [-0.15, -0.1) is 0 Å². The van der Waals surface area contributed by atoms with Crippen molar-refractivity contribution in [3.05, 3.63) is 70.2 Å². The zero-order valence-corrected chi connectivity index (χ0v) is 17.2. The molecular weight excluding hydrogens is 437 g/mol. The normalized spacial score (nSPS) is 15.1. The highest BCUT2D eigenvalue weighted by Gasteiger charge is 2.30. The summed E-state index contributed by atoms with van der Waals surface area (Å²) in [6.45, 7) is 5.14. The standard InChI is InChI=1S/C19H20ClF3N2.C2H2O4/c20-18-4-2-1-3-16(18)14-25-11-9-24(10-12-25)13-15-5-7-17(8-6-15)19(21,22)23;3-1(4)2(5)6/h1-8H,9-14H2;(H,3,4)(H,5,6). The molecule has 2 N–H and O–H groups in total. The zero-order chi connectivity index (χ0) is 23.0. The molecule has 0 saturated carbocycles. The lowest BCUT2D eigenvalue weighted by Gasteiger charge is -2.35. The molecule has 10 heteroatoms. The van der Waals surface area contributed by atoms with Crippen LogP contribution in [-0.2, 0) is 28.9 Å². The lowest BCUT2D eigenvalue weighted by atomic mass is 10.1. The number of nitrogens with zero attached hydrogens (tertiary/aromatic N) is 2. The fourth-order valence-corrected chi connectivity index (χ4v) is 3.23. The summed E-state index contributed by atoms with van der Waals surface area (Å²) in [7, 11) is 0. The van der Waals surface area contributed by atoms with E-state index in [9.17, 15) is 13.2 Å². The average molecular weight is 459 g/mol. The molecule has 2 aromatic carbocycles. The van der Waals surface area contributed by atoms with E-state index in [2.05, 4.69) is 9.80 Å². The van der Waals surface area contributed by atoms with Crippen LogP contribution in [0.1, 0.15) is 16.7 Å². The van der Waals surface area contributed by atoms with Crippen molar-refractivity contribution in [2.24, 2.45) is 0 Å². The summed E-state index contributed by atoms with van der Waals surface area (Å²) in [6.07, 6.45) is -4.27. The Balaban J connectivity index is 0.000000501. The van der Waals surface area contributed by atoms with Crippen LogP contribution in [0.25, 0.3) is 0 Å². The van der Waals surface area contributed by atoms with Crippen LogP contribution in [0.4, 0.5) is 13.2 Å². The van der Waals surface area contributed by atoms with Gasteiger partial charge in [0.1, 0.15) is 0 Å². The summed E-state index contributed by atoms with van der Waals surface area (Å²) < 4.78 is 37.8. The van der Waals surface area contributed by atoms with Gasteiger partial charge in [0.2, 0.25) is 0 Å². The molecular formula is C21H22ClF3N2O4. The molecule has 1 aliphatic heterocycles. The third-order valence-corrected chi connectivity index (χ3v) is 5.06. The van der Waals surface area contributed by atoms with Crippen LogP contribution in [0.5, 0.6) is 0 Å². The van der Waals surface area contributed by atoms with Gasteiger partial charge in [-0.1, -0.05) is 41.9 Å². The third kappa shape index (κ3) is 8.20. The van der Waals surface area contributed by atoms with E-state index in [-0.39, 0.29) is 0 Å². The molecule has 1 saturated heterocycles. The monoisotopic (exact) mass is 458 g/mol. The minimum absolute atomic E-state index is 0.596. The number of carboxylic acids is 2. The molecule has 0 bridgehead atoms.